The molecule has 2 rings (SSSR count). The minimum atomic E-state index is -4.58. The van der Waals surface area contributed by atoms with E-state index in [1.54, 1.807) is 6.26 Å². The average Bonchev–Trinajstić information content (AvgIpc) is 2.85. The van der Waals surface area contributed by atoms with Crippen LogP contribution >= 0.6 is 11.8 Å². The summed E-state index contributed by atoms with van der Waals surface area (Å²) in [5.41, 5.74) is -0.392. The number of rotatable bonds is 5. The van der Waals surface area contributed by atoms with Crippen molar-refractivity contribution in [3.63, 3.8) is 0 Å². The lowest BCUT2D eigenvalue weighted by Gasteiger charge is -2.06. The van der Waals surface area contributed by atoms with Crippen LogP contribution < -0.4 is 5.69 Å². The predicted octanol–water partition coefficient (Wildman–Crippen LogP) is 3.05. The lowest BCUT2D eigenvalue weighted by molar-refractivity contribution is -0.144. The second-order valence-corrected chi connectivity index (χ2v) is 5.34. The highest BCUT2D eigenvalue weighted by Gasteiger charge is 2.35. The van der Waals surface area contributed by atoms with Crippen LogP contribution in [-0.2, 0) is 12.7 Å². The van der Waals surface area contributed by atoms with Gasteiger partial charge in [0.1, 0.15) is 10.5 Å². The number of alkyl halides is 3. The number of halogens is 3. The van der Waals surface area contributed by atoms with Gasteiger partial charge in [0, 0.05) is 6.54 Å². The summed E-state index contributed by atoms with van der Waals surface area (Å²) in [5, 5.41) is 0.227. The molecule has 0 bridgehead atoms. The number of aryl methyl sites for hydroxylation is 1. The van der Waals surface area contributed by atoms with E-state index < -0.39 is 17.7 Å². The van der Waals surface area contributed by atoms with Crippen LogP contribution in [0.1, 0.15) is 32.0 Å². The topological polar surface area (TPSA) is 63.6 Å². The molecule has 0 aliphatic heterocycles. The van der Waals surface area contributed by atoms with Crippen LogP contribution in [0.15, 0.2) is 9.82 Å². The molecule has 0 fully saturated rings. The molecule has 0 unspecified atom stereocenters. The van der Waals surface area contributed by atoms with Gasteiger partial charge in [0.25, 0.3) is 0 Å². The number of fused-ring (bicyclic) bond motifs is 1. The average molecular weight is 320 g/mol. The van der Waals surface area contributed by atoms with Crippen molar-refractivity contribution in [2.45, 2.75) is 43.9 Å². The van der Waals surface area contributed by atoms with Crippen molar-refractivity contribution in [1.82, 2.24) is 19.5 Å². The molecule has 0 aliphatic rings. The van der Waals surface area contributed by atoms with Crippen molar-refractivity contribution >= 4 is 22.9 Å². The second-order valence-electron chi connectivity index (χ2n) is 4.54. The molecular weight excluding hydrogens is 305 g/mol. The summed E-state index contributed by atoms with van der Waals surface area (Å²) < 4.78 is 39.6. The molecule has 2 aromatic heterocycles. The molecule has 0 aromatic carbocycles. The number of thioether (sulfide) groups is 1. The summed E-state index contributed by atoms with van der Waals surface area (Å²) in [6.07, 6.45) is -0.410. The van der Waals surface area contributed by atoms with E-state index >= 15 is 0 Å². The van der Waals surface area contributed by atoms with Crippen LogP contribution in [0.3, 0.4) is 0 Å². The summed E-state index contributed by atoms with van der Waals surface area (Å²) in [6.45, 7) is 2.32. The Labute approximate surface area is 123 Å². The van der Waals surface area contributed by atoms with Crippen molar-refractivity contribution in [1.29, 1.82) is 0 Å². The second kappa shape index (κ2) is 6.08. The van der Waals surface area contributed by atoms with E-state index in [-0.39, 0.29) is 16.2 Å². The molecule has 9 heteroatoms. The van der Waals surface area contributed by atoms with Gasteiger partial charge in [0.05, 0.1) is 0 Å². The SMILES string of the molecule is CCCCCn1c(=O)nc(SC)c2[nH]c(C(F)(F)F)nc21. The first-order chi connectivity index (χ1) is 9.88. The lowest BCUT2D eigenvalue weighted by Crippen LogP contribution is -2.24. The Hall–Kier alpha value is -1.51. The third kappa shape index (κ3) is 3.22. The van der Waals surface area contributed by atoms with Crippen LogP contribution in [0, 0.1) is 0 Å². The normalized spacial score (nSPS) is 12.2. The summed E-state index contributed by atoms with van der Waals surface area (Å²) in [7, 11) is 0. The van der Waals surface area contributed by atoms with Crippen molar-refractivity contribution in [2.24, 2.45) is 0 Å². The molecule has 1 N–H and O–H groups in total. The van der Waals surface area contributed by atoms with Gasteiger partial charge in [0.2, 0.25) is 5.82 Å². The fraction of sp³-hybridized carbons (Fsp3) is 0.583. The third-order valence-corrected chi connectivity index (χ3v) is 3.71. The number of H-pyrrole nitrogens is 1. The molecule has 116 valence electrons. The zero-order chi connectivity index (χ0) is 15.6. The van der Waals surface area contributed by atoms with Gasteiger partial charge in [-0.2, -0.15) is 18.2 Å². The largest absolute Gasteiger partial charge is 0.449 e. The smallest absolute Gasteiger partial charge is 0.331 e. The predicted molar refractivity (Wildman–Crippen MR) is 74.5 cm³/mol. The van der Waals surface area contributed by atoms with Crippen molar-refractivity contribution in [2.75, 3.05) is 6.26 Å². The van der Waals surface area contributed by atoms with Crippen molar-refractivity contribution < 1.29 is 13.2 Å². The fourth-order valence-corrected chi connectivity index (χ4v) is 2.52. The number of unbranched alkanes of at least 4 members (excludes halogenated alkanes) is 2. The maximum atomic E-state index is 12.8. The summed E-state index contributed by atoms with van der Waals surface area (Å²) >= 11 is 1.11. The van der Waals surface area contributed by atoms with Crippen LogP contribution in [0.2, 0.25) is 0 Å². The van der Waals surface area contributed by atoms with E-state index in [0.29, 0.717) is 13.0 Å². The van der Waals surface area contributed by atoms with Crippen LogP contribution in [0.4, 0.5) is 13.2 Å². The highest BCUT2D eigenvalue weighted by molar-refractivity contribution is 7.98. The van der Waals surface area contributed by atoms with Crippen LogP contribution in [0.25, 0.3) is 11.2 Å². The maximum Gasteiger partial charge on any atom is 0.449 e. The lowest BCUT2D eigenvalue weighted by atomic mass is 10.2. The zero-order valence-electron chi connectivity index (χ0n) is 11.6. The standard InChI is InChI=1S/C12H15F3N4OS/c1-3-4-5-6-19-8-7(9(21-2)18-11(19)20)16-10(17-8)12(13,14)15/h3-6H2,1-2H3,(H,16,17). The highest BCUT2D eigenvalue weighted by atomic mass is 32.2. The number of aromatic nitrogens is 4. The van der Waals surface area contributed by atoms with Gasteiger partial charge in [-0.05, 0) is 12.7 Å². The van der Waals surface area contributed by atoms with Crippen molar-refractivity contribution in [3.05, 3.63) is 16.3 Å². The minimum absolute atomic E-state index is 0.0165. The molecule has 0 saturated heterocycles. The van der Waals surface area contributed by atoms with Gasteiger partial charge < -0.3 is 4.98 Å². The summed E-state index contributed by atoms with van der Waals surface area (Å²) in [5.74, 6) is -1.11. The number of hydrogen-bond acceptors (Lipinski definition) is 4. The van der Waals surface area contributed by atoms with Gasteiger partial charge in [-0.15, -0.1) is 11.8 Å². The first kappa shape index (κ1) is 15.9. The summed E-state index contributed by atoms with van der Waals surface area (Å²) in [4.78, 5) is 21.6. The molecule has 5 nitrogen and oxygen atoms in total. The molecule has 2 aromatic rings. The highest BCUT2D eigenvalue weighted by Crippen LogP contribution is 2.30. The molecule has 0 atom stereocenters. The molecular formula is C12H15F3N4OS. The molecule has 0 spiro atoms. The minimum Gasteiger partial charge on any atom is -0.331 e. The van der Waals surface area contributed by atoms with E-state index in [1.165, 1.54) is 4.57 Å². The molecule has 0 amide bonds. The van der Waals surface area contributed by atoms with Crippen LogP contribution in [0.5, 0.6) is 0 Å². The summed E-state index contributed by atoms with van der Waals surface area (Å²) in [6, 6.07) is 0. The van der Waals surface area contributed by atoms with Crippen LogP contribution in [-0.4, -0.2) is 25.8 Å². The van der Waals surface area contributed by atoms with Gasteiger partial charge in [0.15, 0.2) is 5.65 Å². The Morgan fingerprint density at radius 2 is 2.00 bits per heavy atom. The van der Waals surface area contributed by atoms with E-state index in [9.17, 15) is 18.0 Å². The third-order valence-electron chi connectivity index (χ3n) is 3.03. The first-order valence-corrected chi connectivity index (χ1v) is 7.72. The Balaban J connectivity index is 2.59. The van der Waals surface area contributed by atoms with E-state index in [1.807, 2.05) is 6.92 Å². The molecule has 0 aliphatic carbocycles. The Kier molecular flexibility index (Phi) is 4.60. The fourth-order valence-electron chi connectivity index (χ4n) is 2.01. The number of nitrogens with zero attached hydrogens (tertiary/aromatic N) is 3. The first-order valence-electron chi connectivity index (χ1n) is 6.50. The zero-order valence-corrected chi connectivity index (χ0v) is 12.4. The molecule has 2 heterocycles. The van der Waals surface area contributed by atoms with Crippen molar-refractivity contribution in [3.8, 4) is 0 Å². The van der Waals surface area contributed by atoms with E-state index in [2.05, 4.69) is 15.0 Å². The number of imidazole rings is 1. The van der Waals surface area contributed by atoms with E-state index in [0.717, 1.165) is 24.6 Å². The quantitative estimate of drug-likeness (QED) is 0.522. The Morgan fingerprint density at radius 3 is 2.57 bits per heavy atom. The van der Waals surface area contributed by atoms with E-state index in [4.69, 9.17) is 0 Å². The molecule has 21 heavy (non-hydrogen) atoms. The number of nitrogens with one attached hydrogen (secondary N) is 1. The van der Waals surface area contributed by atoms with Gasteiger partial charge in [-0.1, -0.05) is 19.8 Å². The number of aromatic amines is 1. The monoisotopic (exact) mass is 320 g/mol. The molecule has 0 radical (unpaired) electrons. The molecule has 0 saturated carbocycles. The van der Waals surface area contributed by atoms with Gasteiger partial charge >= 0.3 is 11.9 Å². The van der Waals surface area contributed by atoms with Gasteiger partial charge in [-0.3, -0.25) is 4.57 Å². The number of hydrogen-bond donors (Lipinski definition) is 1. The van der Waals surface area contributed by atoms with Gasteiger partial charge in [-0.25, -0.2) is 9.78 Å². The Bertz CT molecular complexity index is 692. The maximum absolute atomic E-state index is 12.8. The Morgan fingerprint density at radius 1 is 1.29 bits per heavy atom.